The number of fused-ring (bicyclic) bond motifs is 1. The van der Waals surface area contributed by atoms with Crippen molar-refractivity contribution in [1.82, 2.24) is 14.9 Å². The lowest BCUT2D eigenvalue weighted by Gasteiger charge is -2.32. The minimum absolute atomic E-state index is 0.0348. The molecule has 8 nitrogen and oxygen atoms in total. The average molecular weight is 529 g/mol. The molecule has 9 heteroatoms. The number of carbonyl (C=O) groups excluding carboxylic acids is 2. The first-order valence-electron chi connectivity index (χ1n) is 12.8. The summed E-state index contributed by atoms with van der Waals surface area (Å²) in [5.41, 5.74) is 18.6. The molecule has 0 radical (unpaired) electrons. The molecule has 1 fully saturated rings. The SMILES string of the molecule is Cc1cc2cc(C(=O)N(Cc3ccc(N4CCC(C(N)=O)CC4)cc3)Cc3scnc3C)ccc2nc1N. The fraction of sp³-hybridized carbons (Fsp3) is 0.310. The minimum Gasteiger partial charge on any atom is -0.383 e. The molecule has 0 atom stereocenters. The standard InChI is InChI=1S/C29H32N6O2S/c1-18-13-23-14-22(5-8-25(23)33-27(18)30)29(37)35(16-26-19(2)32-17-38-26)15-20-3-6-24(7-4-20)34-11-9-21(10-12-34)28(31)36/h3-8,13-14,17,21H,9-12,15-16H2,1-2H3,(H2,30,33)(H2,31,36). The Labute approximate surface area is 226 Å². The fourth-order valence-electron chi connectivity index (χ4n) is 4.92. The van der Waals surface area contributed by atoms with Gasteiger partial charge in [0.15, 0.2) is 0 Å². The van der Waals surface area contributed by atoms with Gasteiger partial charge in [-0.2, -0.15) is 0 Å². The number of piperidine rings is 1. The molecule has 0 bridgehead atoms. The molecule has 2 aromatic heterocycles. The Morgan fingerprint density at radius 3 is 2.45 bits per heavy atom. The molecule has 4 N–H and O–H groups in total. The van der Waals surface area contributed by atoms with Crippen molar-refractivity contribution in [1.29, 1.82) is 0 Å². The van der Waals surface area contributed by atoms with Crippen LogP contribution >= 0.6 is 11.3 Å². The summed E-state index contributed by atoms with van der Waals surface area (Å²) in [5.74, 6) is 0.210. The number of pyridine rings is 1. The number of aromatic nitrogens is 2. The third-order valence-corrected chi connectivity index (χ3v) is 8.25. The second-order valence-electron chi connectivity index (χ2n) is 9.95. The van der Waals surface area contributed by atoms with Crippen LogP contribution in [0.2, 0.25) is 0 Å². The van der Waals surface area contributed by atoms with E-state index in [1.807, 2.05) is 48.5 Å². The van der Waals surface area contributed by atoms with Crippen molar-refractivity contribution in [2.24, 2.45) is 11.7 Å². The zero-order valence-corrected chi connectivity index (χ0v) is 22.5. The highest BCUT2D eigenvalue weighted by molar-refractivity contribution is 7.09. The predicted octanol–water partition coefficient (Wildman–Crippen LogP) is 4.43. The highest BCUT2D eigenvalue weighted by Crippen LogP contribution is 2.26. The van der Waals surface area contributed by atoms with Crippen LogP contribution in [-0.4, -0.2) is 39.8 Å². The monoisotopic (exact) mass is 528 g/mol. The van der Waals surface area contributed by atoms with E-state index in [2.05, 4.69) is 39.1 Å². The number of thiazole rings is 1. The molecule has 5 rings (SSSR count). The van der Waals surface area contributed by atoms with Crippen LogP contribution in [0.25, 0.3) is 10.9 Å². The maximum absolute atomic E-state index is 13.8. The van der Waals surface area contributed by atoms with E-state index < -0.39 is 0 Å². The molecular formula is C29H32N6O2S. The maximum atomic E-state index is 13.8. The van der Waals surface area contributed by atoms with Gasteiger partial charge in [0.05, 0.1) is 23.3 Å². The highest BCUT2D eigenvalue weighted by Gasteiger charge is 2.24. The number of nitrogens with zero attached hydrogens (tertiary/aromatic N) is 4. The number of hydrogen-bond acceptors (Lipinski definition) is 7. The zero-order chi connectivity index (χ0) is 26.8. The van der Waals surface area contributed by atoms with Crippen LogP contribution in [0.3, 0.4) is 0 Å². The molecule has 1 saturated heterocycles. The summed E-state index contributed by atoms with van der Waals surface area (Å²) in [6.45, 7) is 6.46. The third-order valence-electron chi connectivity index (χ3n) is 7.33. The number of rotatable bonds is 7. The lowest BCUT2D eigenvalue weighted by Crippen LogP contribution is -2.38. The Balaban J connectivity index is 1.37. The molecule has 196 valence electrons. The van der Waals surface area contributed by atoms with Crippen LogP contribution in [0.4, 0.5) is 11.5 Å². The van der Waals surface area contributed by atoms with E-state index in [0.29, 0.717) is 24.5 Å². The van der Waals surface area contributed by atoms with E-state index in [9.17, 15) is 9.59 Å². The Morgan fingerprint density at radius 2 is 1.79 bits per heavy atom. The van der Waals surface area contributed by atoms with Crippen molar-refractivity contribution < 1.29 is 9.59 Å². The van der Waals surface area contributed by atoms with Crippen LogP contribution in [-0.2, 0) is 17.9 Å². The minimum atomic E-state index is -0.206. The second kappa shape index (κ2) is 10.8. The number of amides is 2. The molecule has 1 aliphatic heterocycles. The Morgan fingerprint density at radius 1 is 1.05 bits per heavy atom. The van der Waals surface area contributed by atoms with Crippen molar-refractivity contribution in [3.8, 4) is 0 Å². The number of hydrogen-bond donors (Lipinski definition) is 2. The van der Waals surface area contributed by atoms with Gasteiger partial charge in [0.1, 0.15) is 5.82 Å². The highest BCUT2D eigenvalue weighted by atomic mass is 32.1. The smallest absolute Gasteiger partial charge is 0.254 e. The summed E-state index contributed by atoms with van der Waals surface area (Å²) in [6.07, 6.45) is 1.56. The van der Waals surface area contributed by atoms with Gasteiger partial charge in [0.2, 0.25) is 5.91 Å². The summed E-state index contributed by atoms with van der Waals surface area (Å²) in [5, 5.41) is 0.890. The van der Waals surface area contributed by atoms with E-state index in [1.54, 1.807) is 11.3 Å². The molecular weight excluding hydrogens is 496 g/mol. The first-order chi connectivity index (χ1) is 18.3. The first kappa shape index (κ1) is 25.7. The lowest BCUT2D eigenvalue weighted by atomic mass is 9.96. The molecule has 4 aromatic rings. The molecule has 0 spiro atoms. The van der Waals surface area contributed by atoms with Gasteiger partial charge in [-0.15, -0.1) is 11.3 Å². The number of primary amides is 1. The quantitative estimate of drug-likeness (QED) is 0.366. The van der Waals surface area contributed by atoms with Gasteiger partial charge in [-0.05, 0) is 74.2 Å². The van der Waals surface area contributed by atoms with Crippen LogP contribution in [0.5, 0.6) is 0 Å². The molecule has 2 aromatic carbocycles. The van der Waals surface area contributed by atoms with Gasteiger partial charge in [-0.25, -0.2) is 9.97 Å². The summed E-state index contributed by atoms with van der Waals surface area (Å²) >= 11 is 1.56. The van der Waals surface area contributed by atoms with Crippen molar-refractivity contribution >= 4 is 45.6 Å². The molecule has 0 aliphatic carbocycles. The summed E-state index contributed by atoms with van der Waals surface area (Å²) in [4.78, 5) is 39.3. The molecule has 1 aliphatic rings. The van der Waals surface area contributed by atoms with E-state index in [0.717, 1.165) is 64.2 Å². The third kappa shape index (κ3) is 5.47. The maximum Gasteiger partial charge on any atom is 0.254 e. The first-order valence-corrected chi connectivity index (χ1v) is 13.6. The van der Waals surface area contributed by atoms with Crippen LogP contribution in [0, 0.1) is 19.8 Å². The number of nitrogen functional groups attached to an aromatic ring is 1. The Hall–Kier alpha value is -3.98. The van der Waals surface area contributed by atoms with E-state index in [1.165, 1.54) is 0 Å². The van der Waals surface area contributed by atoms with Gasteiger partial charge in [0, 0.05) is 47.1 Å². The number of carbonyl (C=O) groups is 2. The normalized spacial score (nSPS) is 14.1. The van der Waals surface area contributed by atoms with Crippen LogP contribution in [0.15, 0.2) is 54.0 Å². The van der Waals surface area contributed by atoms with Crippen molar-refractivity contribution in [3.05, 3.63) is 81.3 Å². The summed E-state index contributed by atoms with van der Waals surface area (Å²) < 4.78 is 0. The van der Waals surface area contributed by atoms with Crippen molar-refractivity contribution in [2.75, 3.05) is 23.7 Å². The van der Waals surface area contributed by atoms with E-state index in [4.69, 9.17) is 11.5 Å². The van der Waals surface area contributed by atoms with Gasteiger partial charge in [0.25, 0.3) is 5.91 Å². The van der Waals surface area contributed by atoms with Crippen molar-refractivity contribution in [3.63, 3.8) is 0 Å². The van der Waals surface area contributed by atoms with Gasteiger partial charge in [-0.1, -0.05) is 12.1 Å². The number of benzene rings is 2. The molecule has 0 unspecified atom stereocenters. The molecule has 2 amide bonds. The Kier molecular flexibility index (Phi) is 7.28. The molecule has 0 saturated carbocycles. The van der Waals surface area contributed by atoms with Gasteiger partial charge in [-0.3, -0.25) is 9.59 Å². The molecule has 3 heterocycles. The predicted molar refractivity (Wildman–Crippen MR) is 152 cm³/mol. The van der Waals surface area contributed by atoms with E-state index in [-0.39, 0.29) is 17.7 Å². The number of anilines is 2. The van der Waals surface area contributed by atoms with E-state index >= 15 is 0 Å². The summed E-state index contributed by atoms with van der Waals surface area (Å²) in [6, 6.07) is 15.9. The Bertz CT molecular complexity index is 1470. The zero-order valence-electron chi connectivity index (χ0n) is 21.7. The molecule has 38 heavy (non-hydrogen) atoms. The van der Waals surface area contributed by atoms with Gasteiger partial charge < -0.3 is 21.3 Å². The van der Waals surface area contributed by atoms with Crippen LogP contribution < -0.4 is 16.4 Å². The average Bonchev–Trinajstić information content (AvgIpc) is 3.32. The lowest BCUT2D eigenvalue weighted by molar-refractivity contribution is -0.122. The van der Waals surface area contributed by atoms with Crippen molar-refractivity contribution in [2.45, 2.75) is 39.8 Å². The fourth-order valence-corrected chi connectivity index (χ4v) is 5.71. The topological polar surface area (TPSA) is 118 Å². The number of aryl methyl sites for hydroxylation is 2. The summed E-state index contributed by atoms with van der Waals surface area (Å²) in [7, 11) is 0. The largest absolute Gasteiger partial charge is 0.383 e. The van der Waals surface area contributed by atoms with Crippen LogP contribution in [0.1, 0.15) is 44.9 Å². The second-order valence-corrected chi connectivity index (χ2v) is 10.9. The van der Waals surface area contributed by atoms with Gasteiger partial charge >= 0.3 is 0 Å². The number of nitrogens with two attached hydrogens (primary N) is 2.